The smallest absolute Gasteiger partial charge is 0.290 e. The van der Waals surface area contributed by atoms with Crippen molar-refractivity contribution in [3.8, 4) is 0 Å². The molecule has 1 fully saturated rings. The molecule has 0 amide bonds. The van der Waals surface area contributed by atoms with Crippen molar-refractivity contribution in [3.05, 3.63) is 52.2 Å². The van der Waals surface area contributed by atoms with Crippen LogP contribution in [-0.4, -0.2) is 52.8 Å². The molecule has 29 heavy (non-hydrogen) atoms. The summed E-state index contributed by atoms with van der Waals surface area (Å²) in [6, 6.07) is 4.40. The molecule has 2 aromatic rings. The number of nitrogens with zero attached hydrogens (tertiary/aromatic N) is 3. The second kappa shape index (κ2) is 10.3. The first kappa shape index (κ1) is 22.8. The number of anilines is 2. The molecular weight excluding hydrogens is 422 g/mol. The molecule has 0 saturated carbocycles. The molecule has 1 aromatic heterocycles. The monoisotopic (exact) mass is 442 g/mol. The summed E-state index contributed by atoms with van der Waals surface area (Å²) in [5, 5.41) is 10.9. The van der Waals surface area contributed by atoms with Gasteiger partial charge in [-0.05, 0) is 49.8 Å². The van der Waals surface area contributed by atoms with Crippen LogP contribution in [0.4, 0.5) is 20.3 Å². The molecule has 156 valence electrons. The Morgan fingerprint density at radius 3 is 2.28 bits per heavy atom. The van der Waals surface area contributed by atoms with Gasteiger partial charge in [-0.1, -0.05) is 11.6 Å². The van der Waals surface area contributed by atoms with Crippen molar-refractivity contribution < 1.29 is 18.7 Å². The van der Waals surface area contributed by atoms with Crippen molar-refractivity contribution >= 4 is 46.9 Å². The Morgan fingerprint density at radius 2 is 1.76 bits per heavy atom. The van der Waals surface area contributed by atoms with Crippen molar-refractivity contribution in [2.24, 2.45) is 0 Å². The number of pyridine rings is 1. The number of halogens is 3. The van der Waals surface area contributed by atoms with E-state index in [0.29, 0.717) is 28.9 Å². The van der Waals surface area contributed by atoms with Crippen LogP contribution in [-0.2, 0) is 4.79 Å². The van der Waals surface area contributed by atoms with Gasteiger partial charge in [0.15, 0.2) is 5.11 Å². The van der Waals surface area contributed by atoms with E-state index in [9.17, 15) is 8.78 Å². The summed E-state index contributed by atoms with van der Waals surface area (Å²) in [5.41, 5.74) is 1.34. The molecule has 1 saturated heterocycles. The third-order valence-corrected chi connectivity index (χ3v) is 4.98. The van der Waals surface area contributed by atoms with Crippen LogP contribution in [0.15, 0.2) is 24.4 Å². The molecule has 1 aromatic carbocycles. The summed E-state index contributed by atoms with van der Waals surface area (Å²) < 4.78 is 27.4. The van der Waals surface area contributed by atoms with E-state index in [1.165, 1.54) is 19.1 Å². The number of hydrogen-bond donors (Lipinski definition) is 2. The Labute approximate surface area is 178 Å². The topological polar surface area (TPSA) is 68.7 Å². The molecule has 0 spiro atoms. The standard InChI is InChI=1S/C18H19ClF2N4S.CH2O2/c1-11-7-13(19)10-22-17(11)24-3-5-25(6-4-24)18(26)23-14-8-15(20)12(2)16(21)9-14;2-1-3/h7-10H,3-6H2,1-2H3,(H,23,26);1H,(H,2,3). The molecule has 1 aliphatic heterocycles. The summed E-state index contributed by atoms with van der Waals surface area (Å²) in [6.45, 7) is 5.99. The normalized spacial score (nSPS) is 13.4. The third-order valence-electron chi connectivity index (χ3n) is 4.42. The molecule has 0 unspecified atom stereocenters. The fourth-order valence-electron chi connectivity index (χ4n) is 2.91. The number of aromatic nitrogens is 1. The van der Waals surface area contributed by atoms with E-state index in [1.54, 1.807) is 6.20 Å². The first-order valence-corrected chi connectivity index (χ1v) is 9.52. The van der Waals surface area contributed by atoms with E-state index in [1.807, 2.05) is 17.9 Å². The van der Waals surface area contributed by atoms with Crippen molar-refractivity contribution in [1.82, 2.24) is 9.88 Å². The number of hydrogen-bond acceptors (Lipinski definition) is 4. The van der Waals surface area contributed by atoms with Crippen molar-refractivity contribution in [2.45, 2.75) is 13.8 Å². The number of rotatable bonds is 2. The lowest BCUT2D eigenvalue weighted by molar-refractivity contribution is -0.122. The van der Waals surface area contributed by atoms with E-state index in [2.05, 4.69) is 15.2 Å². The predicted molar refractivity (Wildman–Crippen MR) is 114 cm³/mol. The summed E-state index contributed by atoms with van der Waals surface area (Å²) in [5.74, 6) is -0.274. The highest BCUT2D eigenvalue weighted by Gasteiger charge is 2.21. The average Bonchev–Trinajstić information content (AvgIpc) is 2.67. The fourth-order valence-corrected chi connectivity index (χ4v) is 3.42. The van der Waals surface area contributed by atoms with E-state index in [-0.39, 0.29) is 12.0 Å². The number of thiocarbonyl (C=S) groups is 1. The van der Waals surface area contributed by atoms with Gasteiger partial charge in [0.25, 0.3) is 6.47 Å². The fraction of sp³-hybridized carbons (Fsp3) is 0.316. The van der Waals surface area contributed by atoms with Crippen LogP contribution in [0.1, 0.15) is 11.1 Å². The highest BCUT2D eigenvalue weighted by Crippen LogP contribution is 2.22. The summed E-state index contributed by atoms with van der Waals surface area (Å²) in [4.78, 5) is 16.9. The van der Waals surface area contributed by atoms with Crippen molar-refractivity contribution in [2.75, 3.05) is 36.4 Å². The third kappa shape index (κ3) is 5.98. The zero-order valence-electron chi connectivity index (χ0n) is 16.0. The molecule has 2 N–H and O–H groups in total. The maximum absolute atomic E-state index is 13.7. The van der Waals surface area contributed by atoms with Gasteiger partial charge in [-0.3, -0.25) is 4.79 Å². The van der Waals surface area contributed by atoms with Gasteiger partial charge in [0.1, 0.15) is 17.5 Å². The minimum Gasteiger partial charge on any atom is -0.483 e. The first-order valence-electron chi connectivity index (χ1n) is 8.73. The van der Waals surface area contributed by atoms with Crippen LogP contribution in [0.25, 0.3) is 0 Å². The Kier molecular flexibility index (Phi) is 8.10. The molecule has 10 heteroatoms. The van der Waals surface area contributed by atoms with Crippen molar-refractivity contribution in [1.29, 1.82) is 0 Å². The predicted octanol–water partition coefficient (Wildman–Crippen LogP) is 3.85. The maximum atomic E-state index is 13.7. The van der Waals surface area contributed by atoms with Gasteiger partial charge in [0.2, 0.25) is 0 Å². The SMILES string of the molecule is Cc1cc(Cl)cnc1N1CCN(C(=S)Nc2cc(F)c(C)c(F)c2)CC1.O=CO. The molecule has 0 atom stereocenters. The van der Waals surface area contributed by atoms with Gasteiger partial charge in [-0.15, -0.1) is 0 Å². The van der Waals surface area contributed by atoms with Gasteiger partial charge in [-0.2, -0.15) is 0 Å². The quantitative estimate of drug-likeness (QED) is 0.540. The van der Waals surface area contributed by atoms with E-state index >= 15 is 0 Å². The molecule has 0 bridgehead atoms. The van der Waals surface area contributed by atoms with Gasteiger partial charge >= 0.3 is 0 Å². The minimum absolute atomic E-state index is 0.000849. The van der Waals surface area contributed by atoms with Crippen LogP contribution in [0.3, 0.4) is 0 Å². The summed E-state index contributed by atoms with van der Waals surface area (Å²) in [6.07, 6.45) is 1.64. The lowest BCUT2D eigenvalue weighted by Gasteiger charge is -2.37. The molecule has 2 heterocycles. The molecule has 0 radical (unpaired) electrons. The minimum atomic E-state index is -0.593. The van der Waals surface area contributed by atoms with Crippen LogP contribution >= 0.6 is 23.8 Å². The lowest BCUT2D eigenvalue weighted by atomic mass is 10.2. The molecule has 0 aliphatic carbocycles. The average molecular weight is 443 g/mol. The largest absolute Gasteiger partial charge is 0.483 e. The lowest BCUT2D eigenvalue weighted by Crippen LogP contribution is -2.50. The van der Waals surface area contributed by atoms with Crippen LogP contribution in [0.5, 0.6) is 0 Å². The highest BCUT2D eigenvalue weighted by atomic mass is 35.5. The van der Waals surface area contributed by atoms with Crippen LogP contribution in [0.2, 0.25) is 5.02 Å². The number of benzene rings is 1. The van der Waals surface area contributed by atoms with Gasteiger partial charge in [0.05, 0.1) is 5.02 Å². The Bertz CT molecular complexity index is 870. The Balaban J connectivity index is 0.000000941. The second-order valence-corrected chi connectivity index (χ2v) is 7.19. The molecule has 3 rings (SSSR count). The van der Waals surface area contributed by atoms with Gasteiger partial charge in [-0.25, -0.2) is 13.8 Å². The Hall–Kier alpha value is -2.52. The molecule has 1 aliphatic rings. The highest BCUT2D eigenvalue weighted by molar-refractivity contribution is 7.80. The van der Waals surface area contributed by atoms with Crippen LogP contribution in [0, 0.1) is 25.5 Å². The van der Waals surface area contributed by atoms with E-state index in [0.717, 1.165) is 24.5 Å². The molecule has 6 nitrogen and oxygen atoms in total. The van der Waals surface area contributed by atoms with Crippen molar-refractivity contribution in [3.63, 3.8) is 0 Å². The van der Waals surface area contributed by atoms with Gasteiger partial charge < -0.3 is 20.2 Å². The number of piperazine rings is 1. The maximum Gasteiger partial charge on any atom is 0.290 e. The summed E-state index contributed by atoms with van der Waals surface area (Å²) in [7, 11) is 0. The van der Waals surface area contributed by atoms with E-state index in [4.69, 9.17) is 33.7 Å². The first-order chi connectivity index (χ1) is 13.8. The number of carboxylic acid groups (broad SMARTS) is 1. The Morgan fingerprint density at radius 1 is 1.21 bits per heavy atom. The number of aryl methyl sites for hydroxylation is 1. The number of nitrogens with one attached hydrogen (secondary N) is 1. The zero-order valence-corrected chi connectivity index (χ0v) is 17.5. The number of carbonyl (C=O) groups is 1. The van der Waals surface area contributed by atoms with E-state index < -0.39 is 11.6 Å². The van der Waals surface area contributed by atoms with Gasteiger partial charge in [0, 0.05) is 43.6 Å². The second-order valence-electron chi connectivity index (χ2n) is 6.37. The molecular formula is C19H21ClF2N4O2S. The zero-order chi connectivity index (χ0) is 21.6. The summed E-state index contributed by atoms with van der Waals surface area (Å²) >= 11 is 11.4. The van der Waals surface area contributed by atoms with Crippen LogP contribution < -0.4 is 10.2 Å².